The van der Waals surface area contributed by atoms with Crippen molar-refractivity contribution in [1.82, 2.24) is 5.32 Å². The van der Waals surface area contributed by atoms with Crippen molar-refractivity contribution < 1.29 is 9.59 Å². The molecule has 5 heteroatoms. The first-order chi connectivity index (χ1) is 13.0. The maximum absolute atomic E-state index is 12.5. The molecule has 0 saturated carbocycles. The SMILES string of the molecule is CCCCC/C(CNC(=O)C(N)c1ccccc1)=C(/CCCCC)C(N)=O. The van der Waals surface area contributed by atoms with Crippen molar-refractivity contribution >= 4 is 11.8 Å². The molecular weight excluding hydrogens is 338 g/mol. The van der Waals surface area contributed by atoms with Gasteiger partial charge in [0.05, 0.1) is 0 Å². The Labute approximate surface area is 163 Å². The van der Waals surface area contributed by atoms with Crippen molar-refractivity contribution in [2.75, 3.05) is 6.54 Å². The van der Waals surface area contributed by atoms with Gasteiger partial charge in [0.2, 0.25) is 11.8 Å². The van der Waals surface area contributed by atoms with E-state index >= 15 is 0 Å². The molecule has 0 fully saturated rings. The zero-order valence-electron chi connectivity index (χ0n) is 16.8. The molecule has 27 heavy (non-hydrogen) atoms. The van der Waals surface area contributed by atoms with Gasteiger partial charge in [-0.3, -0.25) is 9.59 Å². The van der Waals surface area contributed by atoms with Crippen LogP contribution >= 0.6 is 0 Å². The Morgan fingerprint density at radius 3 is 2.11 bits per heavy atom. The van der Waals surface area contributed by atoms with Crippen LogP contribution in [0.4, 0.5) is 0 Å². The summed E-state index contributed by atoms with van der Waals surface area (Å²) in [5.41, 5.74) is 14.1. The molecular formula is C22H35N3O2. The largest absolute Gasteiger partial charge is 0.366 e. The standard InChI is InChI=1S/C22H35N3O2/c1-3-5-8-14-18(19(21(24)26)15-9-6-4-2)16-25-22(27)20(23)17-12-10-7-11-13-17/h7,10-13,20H,3-6,8-9,14-16,23H2,1-2H3,(H2,24,26)(H,25,27)/b19-18+. The summed E-state index contributed by atoms with van der Waals surface area (Å²) >= 11 is 0. The van der Waals surface area contributed by atoms with Crippen molar-refractivity contribution in [3.63, 3.8) is 0 Å². The number of nitrogens with two attached hydrogens (primary N) is 2. The molecule has 0 aromatic heterocycles. The second kappa shape index (κ2) is 13.1. The molecule has 0 aliphatic rings. The van der Waals surface area contributed by atoms with E-state index in [4.69, 9.17) is 11.5 Å². The van der Waals surface area contributed by atoms with Gasteiger partial charge in [-0.05, 0) is 36.8 Å². The van der Waals surface area contributed by atoms with Gasteiger partial charge >= 0.3 is 0 Å². The van der Waals surface area contributed by atoms with Crippen LogP contribution in [0.15, 0.2) is 41.5 Å². The van der Waals surface area contributed by atoms with E-state index in [2.05, 4.69) is 19.2 Å². The minimum Gasteiger partial charge on any atom is -0.366 e. The highest BCUT2D eigenvalue weighted by Gasteiger charge is 2.17. The summed E-state index contributed by atoms with van der Waals surface area (Å²) in [6, 6.07) is 8.55. The third-order valence-electron chi connectivity index (χ3n) is 4.75. The molecule has 0 bridgehead atoms. The van der Waals surface area contributed by atoms with Crippen LogP contribution in [0.1, 0.15) is 76.8 Å². The number of hydrogen-bond donors (Lipinski definition) is 3. The molecule has 1 aromatic carbocycles. The molecule has 5 nitrogen and oxygen atoms in total. The van der Waals surface area contributed by atoms with Crippen molar-refractivity contribution in [2.24, 2.45) is 11.5 Å². The Morgan fingerprint density at radius 2 is 1.56 bits per heavy atom. The van der Waals surface area contributed by atoms with E-state index in [0.717, 1.165) is 56.1 Å². The van der Waals surface area contributed by atoms with Crippen molar-refractivity contribution in [3.05, 3.63) is 47.0 Å². The Morgan fingerprint density at radius 1 is 0.963 bits per heavy atom. The number of carbonyl (C=O) groups excluding carboxylic acids is 2. The highest BCUT2D eigenvalue weighted by molar-refractivity contribution is 5.93. The summed E-state index contributed by atoms with van der Waals surface area (Å²) in [6.07, 6.45) is 7.69. The lowest BCUT2D eigenvalue weighted by Crippen LogP contribution is -2.36. The molecule has 5 N–H and O–H groups in total. The number of rotatable bonds is 13. The van der Waals surface area contributed by atoms with E-state index in [1.807, 2.05) is 30.3 Å². The molecule has 0 saturated heterocycles. The van der Waals surface area contributed by atoms with Crippen LogP contribution in [0.3, 0.4) is 0 Å². The van der Waals surface area contributed by atoms with Gasteiger partial charge in [0.1, 0.15) is 6.04 Å². The molecule has 150 valence electrons. The number of benzene rings is 1. The van der Waals surface area contributed by atoms with Gasteiger partial charge in [0.15, 0.2) is 0 Å². The smallest absolute Gasteiger partial charge is 0.244 e. The molecule has 0 aliphatic heterocycles. The Bertz CT molecular complexity index is 611. The van der Waals surface area contributed by atoms with Crippen LogP contribution in [0.2, 0.25) is 0 Å². The molecule has 0 radical (unpaired) electrons. The maximum atomic E-state index is 12.5. The van der Waals surface area contributed by atoms with Gasteiger partial charge in [-0.2, -0.15) is 0 Å². The van der Waals surface area contributed by atoms with Crippen LogP contribution in [0.5, 0.6) is 0 Å². The summed E-state index contributed by atoms with van der Waals surface area (Å²) in [5.74, 6) is -0.620. The summed E-state index contributed by atoms with van der Waals surface area (Å²) in [6.45, 7) is 4.59. The molecule has 2 amide bonds. The minimum atomic E-state index is -0.722. The quantitative estimate of drug-likeness (QED) is 0.363. The van der Waals surface area contributed by atoms with E-state index in [1.165, 1.54) is 0 Å². The van der Waals surface area contributed by atoms with Gasteiger partial charge in [-0.1, -0.05) is 69.9 Å². The van der Waals surface area contributed by atoms with Gasteiger partial charge in [0.25, 0.3) is 0 Å². The monoisotopic (exact) mass is 373 g/mol. The van der Waals surface area contributed by atoms with E-state index in [-0.39, 0.29) is 11.8 Å². The normalized spacial score (nSPS) is 13.0. The molecule has 0 heterocycles. The number of amides is 2. The highest BCUT2D eigenvalue weighted by Crippen LogP contribution is 2.19. The molecule has 1 unspecified atom stereocenters. The number of nitrogens with one attached hydrogen (secondary N) is 1. The molecule has 0 aliphatic carbocycles. The van der Waals surface area contributed by atoms with Crippen LogP contribution in [0.25, 0.3) is 0 Å². The van der Waals surface area contributed by atoms with Crippen molar-refractivity contribution in [3.8, 4) is 0 Å². The fourth-order valence-corrected chi connectivity index (χ4v) is 3.08. The van der Waals surface area contributed by atoms with Crippen molar-refractivity contribution in [2.45, 2.75) is 71.3 Å². The zero-order chi connectivity index (χ0) is 20.1. The van der Waals surface area contributed by atoms with Crippen LogP contribution < -0.4 is 16.8 Å². The Balaban J connectivity index is 2.83. The minimum absolute atomic E-state index is 0.244. The highest BCUT2D eigenvalue weighted by atomic mass is 16.2. The summed E-state index contributed by atoms with van der Waals surface area (Å²) in [7, 11) is 0. The van der Waals surface area contributed by atoms with Crippen molar-refractivity contribution in [1.29, 1.82) is 0 Å². The van der Waals surface area contributed by atoms with Gasteiger partial charge in [-0.15, -0.1) is 0 Å². The third-order valence-corrected chi connectivity index (χ3v) is 4.75. The average molecular weight is 374 g/mol. The fourth-order valence-electron chi connectivity index (χ4n) is 3.08. The van der Waals surface area contributed by atoms with E-state index in [9.17, 15) is 9.59 Å². The van der Waals surface area contributed by atoms with Crippen LogP contribution in [-0.2, 0) is 9.59 Å². The summed E-state index contributed by atoms with van der Waals surface area (Å²) < 4.78 is 0. The lowest BCUT2D eigenvalue weighted by molar-refractivity contribution is -0.122. The number of primary amides is 1. The Kier molecular flexibility index (Phi) is 11.1. The van der Waals surface area contributed by atoms with E-state index < -0.39 is 6.04 Å². The first kappa shape index (κ1) is 22.9. The molecule has 0 spiro atoms. The molecule has 1 atom stereocenters. The number of hydrogen-bond acceptors (Lipinski definition) is 3. The lowest BCUT2D eigenvalue weighted by Gasteiger charge is -2.17. The first-order valence-corrected chi connectivity index (χ1v) is 10.1. The second-order valence-electron chi connectivity index (χ2n) is 6.97. The van der Waals surface area contributed by atoms with E-state index in [0.29, 0.717) is 18.5 Å². The van der Waals surface area contributed by atoms with Gasteiger partial charge in [-0.25, -0.2) is 0 Å². The van der Waals surface area contributed by atoms with E-state index in [1.54, 1.807) is 0 Å². The van der Waals surface area contributed by atoms with Gasteiger partial charge < -0.3 is 16.8 Å². The third kappa shape index (κ3) is 8.39. The topological polar surface area (TPSA) is 98.2 Å². The zero-order valence-corrected chi connectivity index (χ0v) is 16.8. The first-order valence-electron chi connectivity index (χ1n) is 10.1. The predicted molar refractivity (Wildman–Crippen MR) is 111 cm³/mol. The Hall–Kier alpha value is -2.14. The van der Waals surface area contributed by atoms with Gasteiger partial charge in [0, 0.05) is 12.1 Å². The van der Waals surface area contributed by atoms with Crippen LogP contribution in [0, 0.1) is 0 Å². The lowest BCUT2D eigenvalue weighted by atomic mass is 9.96. The second-order valence-corrected chi connectivity index (χ2v) is 6.97. The van der Waals surface area contributed by atoms with Crippen LogP contribution in [-0.4, -0.2) is 18.4 Å². The summed E-state index contributed by atoms with van der Waals surface area (Å²) in [4.78, 5) is 24.5. The number of unbranched alkanes of at least 4 members (excludes halogenated alkanes) is 4. The fraction of sp³-hybridized carbons (Fsp3) is 0.545. The average Bonchev–Trinajstić information content (AvgIpc) is 2.68. The number of carbonyl (C=O) groups is 2. The molecule has 1 aromatic rings. The maximum Gasteiger partial charge on any atom is 0.244 e. The summed E-state index contributed by atoms with van der Waals surface area (Å²) in [5, 5.41) is 2.90. The predicted octanol–water partition coefficient (Wildman–Crippen LogP) is 3.75. The molecule has 1 rings (SSSR count).